The molecular weight excluding hydrogens is 250 g/mol. The van der Waals surface area contributed by atoms with Gasteiger partial charge in [0, 0.05) is 44.8 Å². The summed E-state index contributed by atoms with van der Waals surface area (Å²) in [4.78, 5) is 5.25. The average molecular weight is 283 g/mol. The summed E-state index contributed by atoms with van der Waals surface area (Å²) >= 11 is 0. The van der Waals surface area contributed by atoms with E-state index in [2.05, 4.69) is 37.5 Å². The van der Waals surface area contributed by atoms with Gasteiger partial charge in [-0.1, -0.05) is 13.8 Å². The minimum absolute atomic E-state index is 0.168. The van der Waals surface area contributed by atoms with Gasteiger partial charge in [0.15, 0.2) is 0 Å². The molecule has 0 aromatic heterocycles. The van der Waals surface area contributed by atoms with E-state index in [1.807, 2.05) is 0 Å². The molecule has 2 heterocycles. The van der Waals surface area contributed by atoms with Crippen molar-refractivity contribution in [3.8, 4) is 0 Å². The normalized spacial score (nSPS) is 37.5. The quantitative estimate of drug-likeness (QED) is 0.850. The second kappa shape index (κ2) is 6.73. The molecule has 2 aliphatic heterocycles. The molecule has 2 aliphatic rings. The fraction of sp³-hybridized carbons (Fsp3) is 1.00. The number of ether oxygens (including phenoxy) is 1. The highest BCUT2D eigenvalue weighted by molar-refractivity contribution is 4.99. The van der Waals surface area contributed by atoms with Crippen LogP contribution in [-0.2, 0) is 4.74 Å². The first-order valence-electron chi connectivity index (χ1n) is 8.28. The zero-order chi connectivity index (χ0) is 14.8. The Morgan fingerprint density at radius 3 is 2.10 bits per heavy atom. The minimum Gasteiger partial charge on any atom is -0.375 e. The summed E-state index contributed by atoms with van der Waals surface area (Å²) in [5.74, 6) is 0.758. The largest absolute Gasteiger partial charge is 0.375 e. The van der Waals surface area contributed by atoms with Crippen molar-refractivity contribution in [1.82, 2.24) is 9.80 Å². The molecule has 0 amide bonds. The third-order valence-electron chi connectivity index (χ3n) is 4.85. The summed E-state index contributed by atoms with van der Waals surface area (Å²) in [5, 5.41) is 0. The lowest BCUT2D eigenvalue weighted by atomic mass is 9.82. The van der Waals surface area contributed by atoms with E-state index < -0.39 is 0 Å². The standard InChI is InChI=1S/C16H33N3O/c1-13(2)11-18-5-7-19(8-6-18)16(12-17)9-14(3)20-15(4)10-16/h13-15H,5-12,17H2,1-4H3. The monoisotopic (exact) mass is 283 g/mol. The highest BCUT2D eigenvalue weighted by Gasteiger charge is 2.43. The predicted molar refractivity (Wildman–Crippen MR) is 83.9 cm³/mol. The lowest BCUT2D eigenvalue weighted by Crippen LogP contribution is -2.64. The number of hydrogen-bond donors (Lipinski definition) is 1. The Bertz CT molecular complexity index is 290. The first-order valence-corrected chi connectivity index (χ1v) is 8.28. The van der Waals surface area contributed by atoms with Crippen LogP contribution in [0, 0.1) is 5.92 Å². The molecule has 20 heavy (non-hydrogen) atoms. The Labute approximate surface area is 124 Å². The molecule has 2 N–H and O–H groups in total. The molecule has 0 aromatic rings. The molecular formula is C16H33N3O. The Morgan fingerprint density at radius 1 is 1.10 bits per heavy atom. The maximum Gasteiger partial charge on any atom is 0.0568 e. The van der Waals surface area contributed by atoms with E-state index in [9.17, 15) is 0 Å². The number of nitrogens with zero attached hydrogens (tertiary/aromatic N) is 2. The van der Waals surface area contributed by atoms with E-state index in [1.54, 1.807) is 0 Å². The molecule has 4 nitrogen and oxygen atoms in total. The average Bonchev–Trinajstić information content (AvgIpc) is 2.37. The first-order chi connectivity index (χ1) is 9.45. The molecule has 0 saturated carbocycles. The van der Waals surface area contributed by atoms with Crippen LogP contribution in [0.2, 0.25) is 0 Å². The summed E-state index contributed by atoms with van der Waals surface area (Å²) < 4.78 is 5.92. The van der Waals surface area contributed by atoms with Crippen molar-refractivity contribution in [3.05, 3.63) is 0 Å². The smallest absolute Gasteiger partial charge is 0.0568 e. The van der Waals surface area contributed by atoms with Crippen LogP contribution in [0.15, 0.2) is 0 Å². The van der Waals surface area contributed by atoms with Crippen LogP contribution >= 0.6 is 0 Å². The van der Waals surface area contributed by atoms with Crippen molar-refractivity contribution in [1.29, 1.82) is 0 Å². The van der Waals surface area contributed by atoms with E-state index in [4.69, 9.17) is 10.5 Å². The van der Waals surface area contributed by atoms with Gasteiger partial charge < -0.3 is 15.4 Å². The van der Waals surface area contributed by atoms with Crippen LogP contribution in [0.5, 0.6) is 0 Å². The maximum atomic E-state index is 6.20. The number of nitrogens with two attached hydrogens (primary N) is 1. The summed E-state index contributed by atoms with van der Waals surface area (Å²) in [7, 11) is 0. The second-order valence-electron chi connectivity index (χ2n) is 7.28. The van der Waals surface area contributed by atoms with Crippen molar-refractivity contribution in [2.45, 2.75) is 58.3 Å². The third kappa shape index (κ3) is 3.73. The molecule has 2 rings (SSSR count). The van der Waals surface area contributed by atoms with Crippen LogP contribution in [0.1, 0.15) is 40.5 Å². The van der Waals surface area contributed by atoms with Gasteiger partial charge in [-0.2, -0.15) is 0 Å². The summed E-state index contributed by atoms with van der Waals surface area (Å²) in [5.41, 5.74) is 6.37. The lowest BCUT2D eigenvalue weighted by molar-refractivity contribution is -0.111. The van der Waals surface area contributed by atoms with Crippen molar-refractivity contribution in [2.75, 3.05) is 39.3 Å². The SMILES string of the molecule is CC(C)CN1CCN(C2(CN)CC(C)OC(C)C2)CC1. The van der Waals surface area contributed by atoms with Crippen molar-refractivity contribution in [2.24, 2.45) is 11.7 Å². The van der Waals surface area contributed by atoms with Crippen LogP contribution in [-0.4, -0.2) is 66.8 Å². The predicted octanol–water partition coefficient (Wildman–Crippen LogP) is 1.54. The highest BCUT2D eigenvalue weighted by atomic mass is 16.5. The highest BCUT2D eigenvalue weighted by Crippen LogP contribution is 2.34. The van der Waals surface area contributed by atoms with Crippen LogP contribution in [0.3, 0.4) is 0 Å². The van der Waals surface area contributed by atoms with E-state index >= 15 is 0 Å². The number of hydrogen-bond acceptors (Lipinski definition) is 4. The minimum atomic E-state index is 0.168. The maximum absolute atomic E-state index is 6.20. The van der Waals surface area contributed by atoms with Gasteiger partial charge in [-0.15, -0.1) is 0 Å². The van der Waals surface area contributed by atoms with Gasteiger partial charge in [-0.3, -0.25) is 4.90 Å². The van der Waals surface area contributed by atoms with Gasteiger partial charge >= 0.3 is 0 Å². The molecule has 0 aromatic carbocycles. The third-order valence-corrected chi connectivity index (χ3v) is 4.85. The molecule has 0 bridgehead atoms. The van der Waals surface area contributed by atoms with Crippen molar-refractivity contribution in [3.63, 3.8) is 0 Å². The van der Waals surface area contributed by atoms with Crippen LogP contribution in [0.25, 0.3) is 0 Å². The Hall–Kier alpha value is -0.160. The van der Waals surface area contributed by atoms with Gasteiger partial charge in [0.1, 0.15) is 0 Å². The van der Waals surface area contributed by atoms with Crippen LogP contribution < -0.4 is 5.73 Å². The fourth-order valence-electron chi connectivity index (χ4n) is 4.12. The van der Waals surface area contributed by atoms with Crippen molar-refractivity contribution >= 4 is 0 Å². The fourth-order valence-corrected chi connectivity index (χ4v) is 4.12. The number of piperazine rings is 1. The number of rotatable bonds is 4. The second-order valence-corrected chi connectivity index (χ2v) is 7.28. The summed E-state index contributed by atoms with van der Waals surface area (Å²) in [6.07, 6.45) is 2.82. The van der Waals surface area contributed by atoms with E-state index in [0.717, 1.165) is 38.4 Å². The molecule has 0 radical (unpaired) electrons. The van der Waals surface area contributed by atoms with Gasteiger partial charge in [0.2, 0.25) is 0 Å². The van der Waals surface area contributed by atoms with E-state index in [-0.39, 0.29) is 5.54 Å². The molecule has 0 aliphatic carbocycles. The van der Waals surface area contributed by atoms with E-state index in [1.165, 1.54) is 19.6 Å². The van der Waals surface area contributed by atoms with Crippen molar-refractivity contribution < 1.29 is 4.74 Å². The first kappa shape index (κ1) is 16.2. The molecule has 2 saturated heterocycles. The summed E-state index contributed by atoms with van der Waals surface area (Å²) in [6.45, 7) is 15.6. The molecule has 2 fully saturated rings. The zero-order valence-corrected chi connectivity index (χ0v) is 13.8. The van der Waals surface area contributed by atoms with E-state index in [0.29, 0.717) is 12.2 Å². The van der Waals surface area contributed by atoms with Crippen LogP contribution in [0.4, 0.5) is 0 Å². The molecule has 118 valence electrons. The Morgan fingerprint density at radius 2 is 1.65 bits per heavy atom. The lowest BCUT2D eigenvalue weighted by Gasteiger charge is -2.52. The van der Waals surface area contributed by atoms with Gasteiger partial charge in [0.25, 0.3) is 0 Å². The van der Waals surface area contributed by atoms with Gasteiger partial charge in [-0.05, 0) is 32.6 Å². The van der Waals surface area contributed by atoms with Gasteiger partial charge in [-0.25, -0.2) is 0 Å². The molecule has 0 spiro atoms. The Balaban J connectivity index is 1.96. The summed E-state index contributed by atoms with van der Waals surface area (Å²) in [6, 6.07) is 0. The molecule has 4 heteroatoms. The molecule has 2 unspecified atom stereocenters. The topological polar surface area (TPSA) is 41.7 Å². The Kier molecular flexibility index (Phi) is 5.46. The zero-order valence-electron chi connectivity index (χ0n) is 13.8. The van der Waals surface area contributed by atoms with Gasteiger partial charge in [0.05, 0.1) is 12.2 Å². The molecule has 2 atom stereocenters.